The number of nitrogens with zero attached hydrogens (tertiary/aromatic N) is 4. The van der Waals surface area contributed by atoms with Crippen LogP contribution >= 0.6 is 24.0 Å². The Bertz CT molecular complexity index is 611. The molecule has 1 aromatic carbocycles. The number of hydrogen-bond acceptors (Lipinski definition) is 4. The molecule has 2 aliphatic heterocycles. The van der Waals surface area contributed by atoms with Gasteiger partial charge in [0.1, 0.15) is 0 Å². The van der Waals surface area contributed by atoms with Crippen molar-refractivity contribution in [1.82, 2.24) is 25.3 Å². The Morgan fingerprint density at radius 3 is 2.69 bits per heavy atom. The van der Waals surface area contributed by atoms with Gasteiger partial charge < -0.3 is 20.4 Å². The van der Waals surface area contributed by atoms with E-state index in [0.717, 1.165) is 38.6 Å². The van der Waals surface area contributed by atoms with E-state index in [4.69, 9.17) is 0 Å². The molecule has 0 amide bonds. The molecule has 2 atom stereocenters. The Morgan fingerprint density at radius 2 is 1.93 bits per heavy atom. The van der Waals surface area contributed by atoms with Gasteiger partial charge in [-0.05, 0) is 45.5 Å². The quantitative estimate of drug-likeness (QED) is 0.346. The second kappa shape index (κ2) is 12.7. The predicted molar refractivity (Wildman–Crippen MR) is 133 cm³/mol. The molecule has 2 fully saturated rings. The molecule has 0 radical (unpaired) electrons. The fourth-order valence-corrected chi connectivity index (χ4v) is 4.29. The number of halogens is 1. The van der Waals surface area contributed by atoms with Crippen molar-refractivity contribution in [3.63, 3.8) is 0 Å². The van der Waals surface area contributed by atoms with E-state index in [9.17, 15) is 0 Å². The predicted octanol–water partition coefficient (Wildman–Crippen LogP) is 2.07. The van der Waals surface area contributed by atoms with Crippen molar-refractivity contribution in [2.24, 2.45) is 4.99 Å². The summed E-state index contributed by atoms with van der Waals surface area (Å²) in [5.41, 5.74) is 1.39. The van der Waals surface area contributed by atoms with Crippen LogP contribution in [0.25, 0.3) is 0 Å². The fraction of sp³-hybridized carbons (Fsp3) is 0.682. The first-order valence-corrected chi connectivity index (χ1v) is 10.8. The van der Waals surface area contributed by atoms with Crippen LogP contribution in [-0.4, -0.2) is 92.7 Å². The van der Waals surface area contributed by atoms with Crippen molar-refractivity contribution in [3.8, 4) is 0 Å². The maximum absolute atomic E-state index is 4.45. The minimum absolute atomic E-state index is 0. The molecular formula is C22H39IN6. The molecule has 6 nitrogen and oxygen atoms in total. The van der Waals surface area contributed by atoms with Gasteiger partial charge in [0.25, 0.3) is 0 Å². The lowest BCUT2D eigenvalue weighted by Gasteiger charge is -2.22. The average Bonchev–Trinajstić information content (AvgIpc) is 2.90. The molecule has 2 saturated heterocycles. The van der Waals surface area contributed by atoms with Crippen LogP contribution in [0.4, 0.5) is 0 Å². The molecule has 0 aromatic heterocycles. The molecule has 2 aliphatic rings. The number of likely N-dealkylation sites (tertiary alicyclic amines) is 1. The highest BCUT2D eigenvalue weighted by atomic mass is 127. The summed E-state index contributed by atoms with van der Waals surface area (Å²) >= 11 is 0. The normalized spacial score (nSPS) is 24.7. The zero-order chi connectivity index (χ0) is 19.8. The number of guanidine groups is 1. The minimum Gasteiger partial charge on any atom is -0.355 e. The van der Waals surface area contributed by atoms with Crippen LogP contribution < -0.4 is 10.6 Å². The monoisotopic (exact) mass is 514 g/mol. The third-order valence-electron chi connectivity index (χ3n) is 6.03. The maximum Gasteiger partial charge on any atom is 0.191 e. The number of benzene rings is 1. The zero-order valence-electron chi connectivity index (χ0n) is 18.3. The van der Waals surface area contributed by atoms with Crippen molar-refractivity contribution in [3.05, 3.63) is 35.9 Å². The lowest BCUT2D eigenvalue weighted by molar-refractivity contribution is 0.258. The summed E-state index contributed by atoms with van der Waals surface area (Å²) < 4.78 is 0. The summed E-state index contributed by atoms with van der Waals surface area (Å²) in [4.78, 5) is 12.0. The third kappa shape index (κ3) is 8.03. The average molecular weight is 515 g/mol. The highest BCUT2D eigenvalue weighted by molar-refractivity contribution is 14.0. The van der Waals surface area contributed by atoms with Gasteiger partial charge in [-0.2, -0.15) is 0 Å². The molecule has 1 aromatic rings. The summed E-state index contributed by atoms with van der Waals surface area (Å²) in [7, 11) is 4.09. The van der Waals surface area contributed by atoms with Gasteiger partial charge in [0.15, 0.2) is 5.96 Å². The first kappa shape index (κ1) is 24.4. The van der Waals surface area contributed by atoms with E-state index in [2.05, 4.69) is 74.6 Å². The molecule has 164 valence electrons. The van der Waals surface area contributed by atoms with Gasteiger partial charge in [-0.1, -0.05) is 30.3 Å². The first-order valence-electron chi connectivity index (χ1n) is 10.8. The molecule has 7 heteroatoms. The molecule has 2 unspecified atom stereocenters. The number of likely N-dealkylation sites (N-methyl/N-ethyl adjacent to an activating group) is 1. The minimum atomic E-state index is 0. The van der Waals surface area contributed by atoms with Crippen LogP contribution in [0.1, 0.15) is 25.3 Å². The van der Waals surface area contributed by atoms with Gasteiger partial charge in [0.2, 0.25) is 0 Å². The number of rotatable bonds is 6. The summed E-state index contributed by atoms with van der Waals surface area (Å²) in [6, 6.07) is 11.8. The highest BCUT2D eigenvalue weighted by Crippen LogP contribution is 2.20. The Balaban J connectivity index is 0.00000300. The van der Waals surface area contributed by atoms with Crippen LogP contribution in [0.15, 0.2) is 35.3 Å². The Morgan fingerprint density at radius 1 is 1.14 bits per heavy atom. The zero-order valence-corrected chi connectivity index (χ0v) is 20.6. The molecule has 0 bridgehead atoms. The Labute approximate surface area is 194 Å². The standard InChI is InChI=1S/C22H38N6.HI/c1-19-16-21(18-28(19)17-20-8-5-4-6-9-20)25-22(23-2)24-10-13-27-12-7-11-26(3)14-15-27;/h4-6,8-9,19,21H,7,10-18H2,1-3H3,(H2,23,24,25);1H. The van der Waals surface area contributed by atoms with Crippen LogP contribution in [0.5, 0.6) is 0 Å². The second-order valence-electron chi connectivity index (χ2n) is 8.34. The van der Waals surface area contributed by atoms with Gasteiger partial charge in [-0.25, -0.2) is 0 Å². The fourth-order valence-electron chi connectivity index (χ4n) is 4.29. The van der Waals surface area contributed by atoms with Crippen LogP contribution in [0.2, 0.25) is 0 Å². The van der Waals surface area contributed by atoms with Crippen molar-refractivity contribution < 1.29 is 0 Å². The topological polar surface area (TPSA) is 46.1 Å². The van der Waals surface area contributed by atoms with Crippen molar-refractivity contribution in [2.45, 2.75) is 38.4 Å². The SMILES string of the molecule is CN=C(NCCN1CCCN(C)CC1)NC1CC(C)N(Cc2ccccc2)C1.I. The summed E-state index contributed by atoms with van der Waals surface area (Å²) in [6.45, 7) is 11.2. The molecule has 3 rings (SSSR count). The smallest absolute Gasteiger partial charge is 0.191 e. The van der Waals surface area contributed by atoms with Crippen LogP contribution in [0, 0.1) is 0 Å². The lowest BCUT2D eigenvalue weighted by Crippen LogP contribution is -2.46. The van der Waals surface area contributed by atoms with E-state index in [1.54, 1.807) is 0 Å². The number of aliphatic imine (C=N–C) groups is 1. The number of hydrogen-bond donors (Lipinski definition) is 2. The van der Waals surface area contributed by atoms with Crippen molar-refractivity contribution in [1.29, 1.82) is 0 Å². The molecule has 2 N–H and O–H groups in total. The summed E-state index contributed by atoms with van der Waals surface area (Å²) in [6.07, 6.45) is 2.42. The molecule has 0 spiro atoms. The van der Waals surface area contributed by atoms with E-state index in [1.807, 2.05) is 7.05 Å². The van der Waals surface area contributed by atoms with E-state index >= 15 is 0 Å². The first-order chi connectivity index (χ1) is 13.6. The van der Waals surface area contributed by atoms with Crippen molar-refractivity contribution >= 4 is 29.9 Å². The van der Waals surface area contributed by atoms with Gasteiger partial charge in [0.05, 0.1) is 0 Å². The number of nitrogens with one attached hydrogen (secondary N) is 2. The molecule has 2 heterocycles. The Kier molecular flexibility index (Phi) is 10.7. The van der Waals surface area contributed by atoms with Gasteiger partial charge in [0, 0.05) is 58.4 Å². The highest BCUT2D eigenvalue weighted by Gasteiger charge is 2.29. The summed E-state index contributed by atoms with van der Waals surface area (Å²) in [5.74, 6) is 0.936. The molecule has 29 heavy (non-hydrogen) atoms. The second-order valence-corrected chi connectivity index (χ2v) is 8.34. The van der Waals surface area contributed by atoms with Gasteiger partial charge in [-0.3, -0.25) is 9.89 Å². The summed E-state index contributed by atoms with van der Waals surface area (Å²) in [5, 5.41) is 7.16. The largest absolute Gasteiger partial charge is 0.355 e. The third-order valence-corrected chi connectivity index (χ3v) is 6.03. The Hall–Kier alpha value is -0.900. The van der Waals surface area contributed by atoms with Gasteiger partial charge in [-0.15, -0.1) is 24.0 Å². The van der Waals surface area contributed by atoms with E-state index in [0.29, 0.717) is 12.1 Å². The van der Waals surface area contributed by atoms with Crippen LogP contribution in [-0.2, 0) is 6.54 Å². The van der Waals surface area contributed by atoms with E-state index in [1.165, 1.54) is 38.2 Å². The molecule has 0 aliphatic carbocycles. The molecular weight excluding hydrogens is 475 g/mol. The van der Waals surface area contributed by atoms with Crippen molar-refractivity contribution in [2.75, 3.05) is 59.9 Å². The van der Waals surface area contributed by atoms with E-state index < -0.39 is 0 Å². The van der Waals surface area contributed by atoms with Crippen LogP contribution in [0.3, 0.4) is 0 Å². The lowest BCUT2D eigenvalue weighted by atomic mass is 10.2. The van der Waals surface area contributed by atoms with E-state index in [-0.39, 0.29) is 24.0 Å². The maximum atomic E-state index is 4.45. The molecule has 0 saturated carbocycles. The van der Waals surface area contributed by atoms with Gasteiger partial charge >= 0.3 is 0 Å².